The van der Waals surface area contributed by atoms with Gasteiger partial charge in [-0.15, -0.1) is 0 Å². The molecule has 1 unspecified atom stereocenters. The van der Waals surface area contributed by atoms with E-state index in [0.717, 1.165) is 31.5 Å². The van der Waals surface area contributed by atoms with E-state index in [2.05, 4.69) is 5.32 Å². The molecule has 98 valence electrons. The highest BCUT2D eigenvalue weighted by molar-refractivity contribution is 6.30. The van der Waals surface area contributed by atoms with Crippen LogP contribution in [0.3, 0.4) is 0 Å². The Morgan fingerprint density at radius 3 is 3.00 bits per heavy atom. The predicted molar refractivity (Wildman–Crippen MR) is 70.3 cm³/mol. The minimum Gasteiger partial charge on any atom is -0.316 e. The second-order valence-corrected chi connectivity index (χ2v) is 5.29. The van der Waals surface area contributed by atoms with Gasteiger partial charge < -0.3 is 5.32 Å². The van der Waals surface area contributed by atoms with E-state index in [1.54, 1.807) is 6.07 Å². The first kappa shape index (κ1) is 13.5. The summed E-state index contributed by atoms with van der Waals surface area (Å²) in [5.74, 6) is 0.206. The van der Waals surface area contributed by atoms with Crippen LogP contribution >= 0.6 is 11.6 Å². The summed E-state index contributed by atoms with van der Waals surface area (Å²) >= 11 is 5.69. The maximum absolute atomic E-state index is 13.0. The molecule has 2 nitrogen and oxygen atoms in total. The molecule has 0 aromatic heterocycles. The maximum Gasteiger partial charge on any atom is 0.141 e. The molecule has 0 bridgehead atoms. The van der Waals surface area contributed by atoms with Gasteiger partial charge in [0.25, 0.3) is 0 Å². The maximum atomic E-state index is 13.0. The Morgan fingerprint density at radius 1 is 1.50 bits per heavy atom. The Labute approximate surface area is 112 Å². The molecule has 0 spiro atoms. The molecule has 0 radical (unpaired) electrons. The summed E-state index contributed by atoms with van der Waals surface area (Å²) in [6.07, 6.45) is 3.20. The summed E-state index contributed by atoms with van der Waals surface area (Å²) < 4.78 is 13.0. The third kappa shape index (κ3) is 3.79. The third-order valence-corrected chi connectivity index (χ3v) is 3.59. The number of ketones is 1. The van der Waals surface area contributed by atoms with Crippen LogP contribution in [0.4, 0.5) is 4.39 Å². The van der Waals surface area contributed by atoms with E-state index < -0.39 is 5.82 Å². The van der Waals surface area contributed by atoms with Crippen molar-refractivity contribution in [3.8, 4) is 0 Å². The summed E-state index contributed by atoms with van der Waals surface area (Å²) in [4.78, 5) is 11.9. The highest BCUT2D eigenvalue weighted by Crippen LogP contribution is 2.19. The van der Waals surface area contributed by atoms with Gasteiger partial charge in [-0.3, -0.25) is 4.79 Å². The van der Waals surface area contributed by atoms with Gasteiger partial charge in [-0.25, -0.2) is 4.39 Å². The molecule has 1 atom stereocenters. The smallest absolute Gasteiger partial charge is 0.141 e. The molecule has 1 heterocycles. The first-order valence-corrected chi connectivity index (χ1v) is 6.69. The number of piperidine rings is 1. The van der Waals surface area contributed by atoms with Crippen LogP contribution < -0.4 is 5.32 Å². The van der Waals surface area contributed by atoms with Gasteiger partial charge in [-0.1, -0.05) is 17.7 Å². The van der Waals surface area contributed by atoms with E-state index in [1.165, 1.54) is 12.1 Å². The molecule has 1 fully saturated rings. The van der Waals surface area contributed by atoms with Gasteiger partial charge in [0.15, 0.2) is 0 Å². The minimum absolute atomic E-state index is 0.0830. The highest BCUT2D eigenvalue weighted by Gasteiger charge is 2.17. The van der Waals surface area contributed by atoms with Crippen molar-refractivity contribution in [1.82, 2.24) is 5.32 Å². The summed E-state index contributed by atoms with van der Waals surface area (Å²) in [5.41, 5.74) is 0.787. The van der Waals surface area contributed by atoms with Gasteiger partial charge >= 0.3 is 0 Å². The Morgan fingerprint density at radius 2 is 2.33 bits per heavy atom. The van der Waals surface area contributed by atoms with Gasteiger partial charge in [0.05, 0.1) is 5.02 Å². The minimum atomic E-state index is -0.440. The number of halogens is 2. The number of nitrogens with one attached hydrogen (secondary N) is 1. The van der Waals surface area contributed by atoms with Crippen molar-refractivity contribution in [3.63, 3.8) is 0 Å². The molecule has 1 aliphatic rings. The molecule has 1 aromatic carbocycles. The first-order chi connectivity index (χ1) is 8.65. The number of hydrogen-bond donors (Lipinski definition) is 1. The van der Waals surface area contributed by atoms with E-state index in [0.29, 0.717) is 18.8 Å². The van der Waals surface area contributed by atoms with Crippen molar-refractivity contribution < 1.29 is 9.18 Å². The average molecular weight is 270 g/mol. The second-order valence-electron chi connectivity index (χ2n) is 4.88. The molecule has 1 aliphatic heterocycles. The molecule has 2 rings (SSSR count). The van der Waals surface area contributed by atoms with Gasteiger partial charge in [-0.05, 0) is 49.5 Å². The van der Waals surface area contributed by atoms with E-state index in [4.69, 9.17) is 11.6 Å². The number of Topliss-reactive ketones (excluding diaryl/α,β-unsaturated/α-hetero) is 1. The fourth-order valence-corrected chi connectivity index (χ4v) is 2.57. The van der Waals surface area contributed by atoms with Crippen molar-refractivity contribution in [2.75, 3.05) is 13.1 Å². The van der Waals surface area contributed by atoms with E-state index in [9.17, 15) is 9.18 Å². The molecule has 4 heteroatoms. The Kier molecular flexibility index (Phi) is 4.72. The van der Waals surface area contributed by atoms with Crippen LogP contribution in [0.15, 0.2) is 18.2 Å². The number of rotatable bonds is 4. The molecule has 1 N–H and O–H groups in total. The molecular formula is C14H17ClFNO. The Bertz CT molecular complexity index is 430. The van der Waals surface area contributed by atoms with Gasteiger partial charge in [-0.2, -0.15) is 0 Å². The molecule has 18 heavy (non-hydrogen) atoms. The quantitative estimate of drug-likeness (QED) is 0.910. The van der Waals surface area contributed by atoms with Crippen molar-refractivity contribution in [2.45, 2.75) is 25.7 Å². The van der Waals surface area contributed by atoms with Crippen LogP contribution in [-0.2, 0) is 11.2 Å². The molecule has 0 aliphatic carbocycles. The topological polar surface area (TPSA) is 29.1 Å². The summed E-state index contributed by atoms with van der Waals surface area (Å²) in [5, 5.41) is 3.38. The number of carbonyl (C=O) groups is 1. The summed E-state index contributed by atoms with van der Waals surface area (Å²) in [7, 11) is 0. The van der Waals surface area contributed by atoms with Crippen molar-refractivity contribution >= 4 is 17.4 Å². The van der Waals surface area contributed by atoms with Gasteiger partial charge in [0.1, 0.15) is 11.6 Å². The normalized spacial score (nSPS) is 19.8. The third-order valence-electron chi connectivity index (χ3n) is 3.30. The van der Waals surface area contributed by atoms with Crippen LogP contribution in [0.2, 0.25) is 5.02 Å². The van der Waals surface area contributed by atoms with Crippen molar-refractivity contribution in [2.24, 2.45) is 5.92 Å². The van der Waals surface area contributed by atoms with Crippen molar-refractivity contribution in [1.29, 1.82) is 0 Å². The lowest BCUT2D eigenvalue weighted by molar-refractivity contribution is -0.119. The van der Waals surface area contributed by atoms with Crippen LogP contribution in [-0.4, -0.2) is 18.9 Å². The lowest BCUT2D eigenvalue weighted by Gasteiger charge is -2.21. The van der Waals surface area contributed by atoms with E-state index in [-0.39, 0.29) is 10.8 Å². The van der Waals surface area contributed by atoms with Crippen LogP contribution in [0.5, 0.6) is 0 Å². The lowest BCUT2D eigenvalue weighted by atomic mass is 9.92. The summed E-state index contributed by atoms with van der Waals surface area (Å²) in [6.45, 7) is 1.98. The SMILES string of the molecule is O=C(Cc1ccc(F)c(Cl)c1)CC1CCCNC1. The Hall–Kier alpha value is -0.930. The predicted octanol–water partition coefficient (Wildman–Crippen LogP) is 2.98. The number of hydrogen-bond acceptors (Lipinski definition) is 2. The van der Waals surface area contributed by atoms with E-state index in [1.807, 2.05) is 0 Å². The number of benzene rings is 1. The zero-order valence-electron chi connectivity index (χ0n) is 10.2. The fraction of sp³-hybridized carbons (Fsp3) is 0.500. The average Bonchev–Trinajstić information content (AvgIpc) is 2.35. The second kappa shape index (κ2) is 6.30. The van der Waals surface area contributed by atoms with E-state index >= 15 is 0 Å². The monoisotopic (exact) mass is 269 g/mol. The van der Waals surface area contributed by atoms with Crippen LogP contribution in [0, 0.1) is 11.7 Å². The molecule has 1 saturated heterocycles. The number of carbonyl (C=O) groups excluding carboxylic acids is 1. The zero-order chi connectivity index (χ0) is 13.0. The molecule has 0 saturated carbocycles. The van der Waals surface area contributed by atoms with Crippen LogP contribution in [0.1, 0.15) is 24.8 Å². The first-order valence-electron chi connectivity index (χ1n) is 6.31. The Balaban J connectivity index is 1.88. The molecule has 1 aromatic rings. The standard InChI is InChI=1S/C14H17ClFNO/c15-13-8-10(3-4-14(13)16)6-12(18)7-11-2-1-5-17-9-11/h3-4,8,11,17H,1-2,5-7,9H2. The molecular weight excluding hydrogens is 253 g/mol. The largest absolute Gasteiger partial charge is 0.316 e. The van der Waals surface area contributed by atoms with Crippen molar-refractivity contribution in [3.05, 3.63) is 34.6 Å². The zero-order valence-corrected chi connectivity index (χ0v) is 11.0. The highest BCUT2D eigenvalue weighted by atomic mass is 35.5. The van der Waals surface area contributed by atoms with Gasteiger partial charge in [0.2, 0.25) is 0 Å². The fourth-order valence-electron chi connectivity index (χ4n) is 2.37. The lowest BCUT2D eigenvalue weighted by Crippen LogP contribution is -2.31. The molecule has 0 amide bonds. The van der Waals surface area contributed by atoms with Gasteiger partial charge in [0, 0.05) is 12.8 Å². The van der Waals surface area contributed by atoms with Crippen LogP contribution in [0.25, 0.3) is 0 Å². The summed E-state index contributed by atoms with van der Waals surface area (Å²) in [6, 6.07) is 4.47.